The van der Waals surface area contributed by atoms with Gasteiger partial charge in [0.15, 0.2) is 0 Å². The highest BCUT2D eigenvalue weighted by atomic mass is 16.2. The number of benzene rings is 2. The second-order valence-electron chi connectivity index (χ2n) is 4.68. The van der Waals surface area contributed by atoms with Crippen LogP contribution < -0.4 is 10.6 Å². The van der Waals surface area contributed by atoms with Crippen LogP contribution in [0.4, 0.5) is 0 Å². The standard InChI is InChI=1S/C18H16N2O2/c1-3-13-7-9-15(10-8-13)18(22)20-12-14-5-4-6-16(11-14)17(21)19-2/h1,4-11H,12H2,2H3,(H,19,21)(H,20,22). The molecule has 2 aromatic rings. The lowest BCUT2D eigenvalue weighted by atomic mass is 10.1. The van der Waals surface area contributed by atoms with Crippen LogP contribution in [0.1, 0.15) is 31.8 Å². The van der Waals surface area contributed by atoms with Crippen molar-refractivity contribution in [3.63, 3.8) is 0 Å². The summed E-state index contributed by atoms with van der Waals surface area (Å²) in [6.07, 6.45) is 5.28. The summed E-state index contributed by atoms with van der Waals surface area (Å²) in [5.74, 6) is 2.16. The summed E-state index contributed by atoms with van der Waals surface area (Å²) in [7, 11) is 1.58. The maximum Gasteiger partial charge on any atom is 0.251 e. The van der Waals surface area contributed by atoms with Gasteiger partial charge in [0.05, 0.1) is 0 Å². The minimum absolute atomic E-state index is 0.155. The summed E-state index contributed by atoms with van der Waals surface area (Å²) < 4.78 is 0. The summed E-state index contributed by atoms with van der Waals surface area (Å²) >= 11 is 0. The van der Waals surface area contributed by atoms with Gasteiger partial charge < -0.3 is 10.6 Å². The number of rotatable bonds is 4. The lowest BCUT2D eigenvalue weighted by Gasteiger charge is -2.07. The monoisotopic (exact) mass is 292 g/mol. The van der Waals surface area contributed by atoms with Crippen molar-refractivity contribution in [2.45, 2.75) is 6.54 Å². The van der Waals surface area contributed by atoms with Crippen LogP contribution >= 0.6 is 0 Å². The fraction of sp³-hybridized carbons (Fsp3) is 0.111. The molecule has 4 heteroatoms. The molecule has 2 aromatic carbocycles. The highest BCUT2D eigenvalue weighted by Gasteiger charge is 2.07. The molecule has 0 heterocycles. The lowest BCUT2D eigenvalue weighted by molar-refractivity contribution is 0.0948. The Balaban J connectivity index is 2.01. The van der Waals surface area contributed by atoms with E-state index in [0.29, 0.717) is 17.7 Å². The highest BCUT2D eigenvalue weighted by Crippen LogP contribution is 2.07. The Morgan fingerprint density at radius 1 is 1.05 bits per heavy atom. The van der Waals surface area contributed by atoms with Gasteiger partial charge in [0, 0.05) is 30.3 Å². The molecule has 0 fully saturated rings. The third-order valence-corrected chi connectivity index (χ3v) is 3.18. The number of hydrogen-bond donors (Lipinski definition) is 2. The van der Waals surface area contributed by atoms with Gasteiger partial charge in [-0.3, -0.25) is 9.59 Å². The van der Waals surface area contributed by atoms with Gasteiger partial charge in [-0.05, 0) is 42.0 Å². The highest BCUT2D eigenvalue weighted by molar-refractivity contribution is 5.95. The molecule has 0 aliphatic heterocycles. The Morgan fingerprint density at radius 3 is 2.41 bits per heavy atom. The largest absolute Gasteiger partial charge is 0.355 e. The smallest absolute Gasteiger partial charge is 0.251 e. The van der Waals surface area contributed by atoms with Crippen LogP contribution in [-0.2, 0) is 6.54 Å². The van der Waals surface area contributed by atoms with E-state index in [-0.39, 0.29) is 11.8 Å². The number of terminal acetylenes is 1. The number of amides is 2. The van der Waals surface area contributed by atoms with Crippen molar-refractivity contribution in [3.8, 4) is 12.3 Å². The van der Waals surface area contributed by atoms with Crippen LogP contribution in [0.15, 0.2) is 48.5 Å². The fourth-order valence-electron chi connectivity index (χ4n) is 1.97. The summed E-state index contributed by atoms with van der Waals surface area (Å²) in [6, 6.07) is 13.9. The second-order valence-corrected chi connectivity index (χ2v) is 4.68. The minimum atomic E-state index is -0.186. The van der Waals surface area contributed by atoms with E-state index in [1.165, 1.54) is 0 Å². The van der Waals surface area contributed by atoms with Crippen molar-refractivity contribution in [1.29, 1.82) is 0 Å². The number of hydrogen-bond acceptors (Lipinski definition) is 2. The van der Waals surface area contributed by atoms with E-state index in [0.717, 1.165) is 11.1 Å². The van der Waals surface area contributed by atoms with Crippen molar-refractivity contribution in [1.82, 2.24) is 10.6 Å². The summed E-state index contributed by atoms with van der Waals surface area (Å²) in [6.45, 7) is 0.348. The van der Waals surface area contributed by atoms with Gasteiger partial charge in [-0.25, -0.2) is 0 Å². The molecule has 0 saturated heterocycles. The molecular weight excluding hydrogens is 276 g/mol. The summed E-state index contributed by atoms with van der Waals surface area (Å²) in [5, 5.41) is 5.38. The van der Waals surface area contributed by atoms with Crippen LogP contribution in [0.2, 0.25) is 0 Å². The Kier molecular flexibility index (Phi) is 4.94. The van der Waals surface area contributed by atoms with Crippen LogP contribution in [0, 0.1) is 12.3 Å². The Morgan fingerprint density at radius 2 is 1.77 bits per heavy atom. The van der Waals surface area contributed by atoms with Gasteiger partial charge in [-0.15, -0.1) is 6.42 Å². The maximum absolute atomic E-state index is 12.1. The van der Waals surface area contributed by atoms with E-state index >= 15 is 0 Å². The molecule has 0 aliphatic carbocycles. The summed E-state index contributed by atoms with van der Waals surface area (Å²) in [4.78, 5) is 23.6. The first-order valence-corrected chi connectivity index (χ1v) is 6.80. The topological polar surface area (TPSA) is 58.2 Å². The zero-order valence-electron chi connectivity index (χ0n) is 12.2. The van der Waals surface area contributed by atoms with E-state index < -0.39 is 0 Å². The first-order valence-electron chi connectivity index (χ1n) is 6.80. The average Bonchev–Trinajstić information content (AvgIpc) is 2.59. The van der Waals surface area contributed by atoms with Gasteiger partial charge >= 0.3 is 0 Å². The second kappa shape index (κ2) is 7.09. The van der Waals surface area contributed by atoms with Crippen LogP contribution in [0.5, 0.6) is 0 Å². The van der Waals surface area contributed by atoms with Gasteiger partial charge in [0.2, 0.25) is 0 Å². The third-order valence-electron chi connectivity index (χ3n) is 3.18. The zero-order chi connectivity index (χ0) is 15.9. The number of carbonyl (C=O) groups excluding carboxylic acids is 2. The molecule has 0 atom stereocenters. The molecule has 22 heavy (non-hydrogen) atoms. The molecule has 0 aliphatic rings. The van der Waals surface area contributed by atoms with Crippen molar-refractivity contribution in [3.05, 3.63) is 70.8 Å². The first-order chi connectivity index (χ1) is 10.6. The maximum atomic E-state index is 12.1. The lowest BCUT2D eigenvalue weighted by Crippen LogP contribution is -2.23. The molecule has 0 bridgehead atoms. The Hall–Kier alpha value is -3.06. The predicted molar refractivity (Wildman–Crippen MR) is 85.4 cm³/mol. The first kappa shape index (κ1) is 15.3. The summed E-state index contributed by atoms with van der Waals surface area (Å²) in [5.41, 5.74) is 2.69. The van der Waals surface area contributed by atoms with Crippen LogP contribution in [0.25, 0.3) is 0 Å². The Labute approximate surface area is 129 Å². The van der Waals surface area contributed by atoms with Gasteiger partial charge in [0.25, 0.3) is 11.8 Å². The van der Waals surface area contributed by atoms with Crippen molar-refractivity contribution >= 4 is 11.8 Å². The zero-order valence-corrected chi connectivity index (χ0v) is 12.2. The molecule has 0 aromatic heterocycles. The molecule has 2 N–H and O–H groups in total. The van der Waals surface area contributed by atoms with E-state index in [1.807, 2.05) is 6.07 Å². The van der Waals surface area contributed by atoms with Gasteiger partial charge in [0.1, 0.15) is 0 Å². The van der Waals surface area contributed by atoms with Crippen LogP contribution in [0.3, 0.4) is 0 Å². The molecule has 2 rings (SSSR count). The van der Waals surface area contributed by atoms with E-state index in [4.69, 9.17) is 6.42 Å². The molecule has 0 spiro atoms. The third kappa shape index (κ3) is 3.74. The van der Waals surface area contributed by atoms with Crippen molar-refractivity contribution in [2.24, 2.45) is 0 Å². The molecule has 0 unspecified atom stereocenters. The predicted octanol–water partition coefficient (Wildman–Crippen LogP) is 1.96. The van der Waals surface area contributed by atoms with E-state index in [9.17, 15) is 9.59 Å². The van der Waals surface area contributed by atoms with E-state index in [1.54, 1.807) is 49.5 Å². The van der Waals surface area contributed by atoms with Crippen molar-refractivity contribution < 1.29 is 9.59 Å². The molecule has 0 radical (unpaired) electrons. The van der Waals surface area contributed by atoms with Gasteiger partial charge in [-0.2, -0.15) is 0 Å². The molecule has 0 saturated carbocycles. The molecule has 4 nitrogen and oxygen atoms in total. The minimum Gasteiger partial charge on any atom is -0.355 e. The van der Waals surface area contributed by atoms with E-state index in [2.05, 4.69) is 16.6 Å². The Bertz CT molecular complexity index is 727. The number of nitrogens with one attached hydrogen (secondary N) is 2. The SMILES string of the molecule is C#Cc1ccc(C(=O)NCc2cccc(C(=O)NC)c2)cc1. The molecule has 110 valence electrons. The molecule has 2 amide bonds. The average molecular weight is 292 g/mol. The molecular formula is C18H16N2O2. The normalized spacial score (nSPS) is 9.64. The van der Waals surface area contributed by atoms with Gasteiger partial charge in [-0.1, -0.05) is 18.1 Å². The van der Waals surface area contributed by atoms with Crippen LogP contribution in [-0.4, -0.2) is 18.9 Å². The fourth-order valence-corrected chi connectivity index (χ4v) is 1.97. The van der Waals surface area contributed by atoms with Crippen molar-refractivity contribution in [2.75, 3.05) is 7.05 Å². The quantitative estimate of drug-likeness (QED) is 0.846. The number of carbonyl (C=O) groups is 2.